The Morgan fingerprint density at radius 2 is 2.00 bits per heavy atom. The lowest BCUT2D eigenvalue weighted by Gasteiger charge is -2.01. The van der Waals surface area contributed by atoms with Gasteiger partial charge in [-0.15, -0.1) is 0 Å². The van der Waals surface area contributed by atoms with Gasteiger partial charge in [-0.3, -0.25) is 0 Å². The van der Waals surface area contributed by atoms with Gasteiger partial charge in [-0.1, -0.05) is 24.2 Å². The maximum Gasteiger partial charge on any atom is 0.230 e. The molecule has 1 heterocycles. The fourth-order valence-corrected chi connectivity index (χ4v) is 2.18. The molecule has 0 radical (unpaired) electrons. The van der Waals surface area contributed by atoms with E-state index in [1.54, 1.807) is 12.1 Å². The lowest BCUT2D eigenvalue weighted by atomic mass is 10.0. The van der Waals surface area contributed by atoms with E-state index in [4.69, 9.17) is 10.3 Å². The summed E-state index contributed by atoms with van der Waals surface area (Å²) in [6.45, 7) is 2.17. The number of nitrogen functional groups attached to an aromatic ring is 1. The van der Waals surface area contributed by atoms with Gasteiger partial charge < -0.3 is 10.3 Å². The van der Waals surface area contributed by atoms with E-state index in [2.05, 4.69) is 12.1 Å². The SMILES string of the molecule is CC1CC1c1noc(N)c1-c1ccc(F)cc1. The van der Waals surface area contributed by atoms with Crippen molar-refractivity contribution in [1.82, 2.24) is 5.16 Å². The predicted octanol–water partition coefficient (Wildman–Crippen LogP) is 3.19. The molecule has 1 aromatic carbocycles. The van der Waals surface area contributed by atoms with Crippen molar-refractivity contribution in [2.75, 3.05) is 5.73 Å². The van der Waals surface area contributed by atoms with Crippen LogP contribution in [0.15, 0.2) is 28.8 Å². The molecule has 2 unspecified atom stereocenters. The van der Waals surface area contributed by atoms with Crippen molar-refractivity contribution >= 4 is 5.88 Å². The molecule has 0 bridgehead atoms. The maximum atomic E-state index is 12.9. The molecular weight excluding hydrogens is 219 g/mol. The van der Waals surface area contributed by atoms with Crippen LogP contribution in [-0.2, 0) is 0 Å². The summed E-state index contributed by atoms with van der Waals surface area (Å²) in [7, 11) is 0. The fourth-order valence-electron chi connectivity index (χ4n) is 2.18. The monoisotopic (exact) mass is 232 g/mol. The molecule has 1 fully saturated rings. The molecule has 1 saturated carbocycles. The van der Waals surface area contributed by atoms with Gasteiger partial charge in [0.1, 0.15) is 5.82 Å². The van der Waals surface area contributed by atoms with Crippen LogP contribution in [0.25, 0.3) is 11.1 Å². The van der Waals surface area contributed by atoms with Gasteiger partial charge in [0.05, 0.1) is 11.3 Å². The van der Waals surface area contributed by atoms with E-state index in [9.17, 15) is 4.39 Å². The highest BCUT2D eigenvalue weighted by Gasteiger charge is 2.39. The average Bonchev–Trinajstić information content (AvgIpc) is 2.90. The first-order valence-corrected chi connectivity index (χ1v) is 5.68. The third-order valence-corrected chi connectivity index (χ3v) is 3.34. The first kappa shape index (κ1) is 10.3. The zero-order chi connectivity index (χ0) is 12.0. The third-order valence-electron chi connectivity index (χ3n) is 3.34. The summed E-state index contributed by atoms with van der Waals surface area (Å²) in [4.78, 5) is 0. The van der Waals surface area contributed by atoms with Crippen LogP contribution in [0, 0.1) is 11.7 Å². The summed E-state index contributed by atoms with van der Waals surface area (Å²) in [6.07, 6.45) is 1.11. The average molecular weight is 232 g/mol. The largest absolute Gasteiger partial charge is 0.367 e. The summed E-state index contributed by atoms with van der Waals surface area (Å²) in [6, 6.07) is 6.24. The summed E-state index contributed by atoms with van der Waals surface area (Å²) in [5.74, 6) is 1.10. The second-order valence-electron chi connectivity index (χ2n) is 4.63. The topological polar surface area (TPSA) is 52.0 Å². The highest BCUT2D eigenvalue weighted by Crippen LogP contribution is 2.50. The second-order valence-corrected chi connectivity index (χ2v) is 4.63. The molecule has 1 aliphatic carbocycles. The third kappa shape index (κ3) is 1.69. The summed E-state index contributed by atoms with van der Waals surface area (Å²) < 4.78 is 18.0. The molecule has 4 heteroatoms. The molecule has 0 amide bonds. The molecular formula is C13H13FN2O. The second kappa shape index (κ2) is 3.58. The quantitative estimate of drug-likeness (QED) is 0.865. The van der Waals surface area contributed by atoms with Crippen molar-refractivity contribution in [3.8, 4) is 11.1 Å². The molecule has 0 saturated heterocycles. The maximum absolute atomic E-state index is 12.9. The Labute approximate surface area is 98.4 Å². The summed E-state index contributed by atoms with van der Waals surface area (Å²) >= 11 is 0. The minimum atomic E-state index is -0.259. The van der Waals surface area contributed by atoms with E-state index in [0.29, 0.717) is 17.7 Å². The Kier molecular flexibility index (Phi) is 2.18. The van der Waals surface area contributed by atoms with E-state index in [0.717, 1.165) is 23.2 Å². The van der Waals surface area contributed by atoms with Gasteiger partial charge in [0, 0.05) is 5.92 Å². The molecule has 1 aromatic heterocycles. The van der Waals surface area contributed by atoms with E-state index in [-0.39, 0.29) is 5.82 Å². The van der Waals surface area contributed by atoms with Crippen LogP contribution in [-0.4, -0.2) is 5.16 Å². The molecule has 2 atom stereocenters. The van der Waals surface area contributed by atoms with Crippen LogP contribution in [0.2, 0.25) is 0 Å². The predicted molar refractivity (Wildman–Crippen MR) is 62.8 cm³/mol. The van der Waals surface area contributed by atoms with E-state index in [1.165, 1.54) is 12.1 Å². The van der Waals surface area contributed by atoms with Crippen molar-refractivity contribution in [2.24, 2.45) is 5.92 Å². The van der Waals surface area contributed by atoms with Crippen molar-refractivity contribution in [2.45, 2.75) is 19.3 Å². The number of aromatic nitrogens is 1. The molecule has 2 N–H and O–H groups in total. The minimum absolute atomic E-state index is 0.259. The molecule has 88 valence electrons. The van der Waals surface area contributed by atoms with Crippen molar-refractivity contribution in [3.63, 3.8) is 0 Å². The Morgan fingerprint density at radius 3 is 2.59 bits per heavy atom. The van der Waals surface area contributed by atoms with Gasteiger partial charge >= 0.3 is 0 Å². The lowest BCUT2D eigenvalue weighted by Crippen LogP contribution is -1.90. The highest BCUT2D eigenvalue weighted by molar-refractivity contribution is 5.75. The van der Waals surface area contributed by atoms with E-state index < -0.39 is 0 Å². The molecule has 0 spiro atoms. The van der Waals surface area contributed by atoms with Gasteiger partial charge in [0.2, 0.25) is 5.88 Å². The number of anilines is 1. The smallest absolute Gasteiger partial charge is 0.230 e. The minimum Gasteiger partial charge on any atom is -0.367 e. The number of benzene rings is 1. The Bertz CT molecular complexity index is 547. The first-order valence-electron chi connectivity index (χ1n) is 5.68. The lowest BCUT2D eigenvalue weighted by molar-refractivity contribution is 0.427. The number of nitrogens with two attached hydrogens (primary N) is 1. The first-order chi connectivity index (χ1) is 8.16. The Morgan fingerprint density at radius 1 is 1.35 bits per heavy atom. The molecule has 3 rings (SSSR count). The zero-order valence-corrected chi connectivity index (χ0v) is 9.48. The number of rotatable bonds is 2. The molecule has 17 heavy (non-hydrogen) atoms. The van der Waals surface area contributed by atoms with Crippen molar-refractivity contribution in [3.05, 3.63) is 35.8 Å². The van der Waals surface area contributed by atoms with Gasteiger partial charge in [-0.2, -0.15) is 0 Å². The van der Waals surface area contributed by atoms with Crippen LogP contribution in [0.1, 0.15) is 25.0 Å². The van der Waals surface area contributed by atoms with Crippen molar-refractivity contribution in [1.29, 1.82) is 0 Å². The van der Waals surface area contributed by atoms with Crippen LogP contribution < -0.4 is 5.73 Å². The molecule has 0 aliphatic heterocycles. The summed E-state index contributed by atoms with van der Waals surface area (Å²) in [5.41, 5.74) is 8.38. The summed E-state index contributed by atoms with van der Waals surface area (Å²) in [5, 5.41) is 4.03. The Hall–Kier alpha value is -1.84. The molecule has 2 aromatic rings. The van der Waals surface area contributed by atoms with Crippen LogP contribution in [0.4, 0.5) is 10.3 Å². The fraction of sp³-hybridized carbons (Fsp3) is 0.308. The zero-order valence-electron chi connectivity index (χ0n) is 9.48. The van der Waals surface area contributed by atoms with E-state index >= 15 is 0 Å². The van der Waals surface area contributed by atoms with Gasteiger partial charge in [0.25, 0.3) is 0 Å². The van der Waals surface area contributed by atoms with Crippen LogP contribution in [0.3, 0.4) is 0 Å². The molecule has 3 nitrogen and oxygen atoms in total. The van der Waals surface area contributed by atoms with Crippen molar-refractivity contribution < 1.29 is 8.91 Å². The normalized spacial score (nSPS) is 22.7. The van der Waals surface area contributed by atoms with Gasteiger partial charge in [-0.25, -0.2) is 4.39 Å². The van der Waals surface area contributed by atoms with Gasteiger partial charge in [-0.05, 0) is 30.0 Å². The number of hydrogen-bond donors (Lipinski definition) is 1. The van der Waals surface area contributed by atoms with E-state index in [1.807, 2.05) is 0 Å². The van der Waals surface area contributed by atoms with Crippen LogP contribution >= 0.6 is 0 Å². The number of halogens is 1. The van der Waals surface area contributed by atoms with Crippen LogP contribution in [0.5, 0.6) is 0 Å². The standard InChI is InChI=1S/C13H13FN2O/c1-7-6-10(7)12-11(13(15)17-16-12)8-2-4-9(14)5-3-8/h2-5,7,10H,6,15H2,1H3. The highest BCUT2D eigenvalue weighted by atomic mass is 19.1. The number of hydrogen-bond acceptors (Lipinski definition) is 3. The Balaban J connectivity index is 2.07. The van der Waals surface area contributed by atoms with Gasteiger partial charge in [0.15, 0.2) is 0 Å². The molecule has 1 aliphatic rings. The number of nitrogens with zero attached hydrogens (tertiary/aromatic N) is 1.